The molecule has 4 rings (SSSR count). The number of anilines is 1. The molecule has 0 aliphatic heterocycles. The number of ether oxygens (including phenoxy) is 1. The van der Waals surface area contributed by atoms with Gasteiger partial charge in [0, 0.05) is 30.9 Å². The van der Waals surface area contributed by atoms with Crippen LogP contribution in [0.15, 0.2) is 42.7 Å². The molecule has 2 aromatic heterocycles. The third kappa shape index (κ3) is 3.93. The van der Waals surface area contributed by atoms with Crippen LogP contribution < -0.4 is 5.32 Å². The van der Waals surface area contributed by atoms with E-state index in [0.29, 0.717) is 18.3 Å². The Labute approximate surface area is 157 Å². The molecule has 2 N–H and O–H groups in total. The fourth-order valence-corrected chi connectivity index (χ4v) is 3.04. The number of nitrogens with one attached hydrogen (secondary N) is 2. The number of carbonyl (C=O) groups excluding carboxylic acids is 1. The molecule has 0 bridgehead atoms. The lowest BCUT2D eigenvalue weighted by Crippen LogP contribution is -2.18. The molecule has 140 valence electrons. The Morgan fingerprint density at radius 2 is 2.26 bits per heavy atom. The molecule has 1 unspecified atom stereocenters. The van der Waals surface area contributed by atoms with E-state index in [2.05, 4.69) is 20.6 Å². The molecule has 1 atom stereocenters. The van der Waals surface area contributed by atoms with E-state index in [1.807, 2.05) is 43.5 Å². The second kappa shape index (κ2) is 7.36. The smallest absolute Gasteiger partial charge is 0.232 e. The first-order chi connectivity index (χ1) is 13.1. The van der Waals surface area contributed by atoms with Gasteiger partial charge in [0.25, 0.3) is 0 Å². The molecule has 1 amide bonds. The standard InChI is InChI=1S/C20H23N5O2/c1-13(20(26)22-19-9-18(23-24-19)15-6-7-15)16-10-21-25(11-16)17-5-3-4-14(8-17)12-27-2/h3-5,8-11,13,15H,6-7,12H2,1-2H3,(H2,22,23,24,26). The summed E-state index contributed by atoms with van der Waals surface area (Å²) in [7, 11) is 1.67. The molecule has 3 aromatic rings. The molecule has 7 nitrogen and oxygen atoms in total. The number of aromatic amines is 1. The van der Waals surface area contributed by atoms with Gasteiger partial charge >= 0.3 is 0 Å². The van der Waals surface area contributed by atoms with E-state index in [4.69, 9.17) is 4.74 Å². The van der Waals surface area contributed by atoms with Gasteiger partial charge in [0.2, 0.25) is 5.91 Å². The van der Waals surface area contributed by atoms with Gasteiger partial charge in [-0.15, -0.1) is 0 Å². The van der Waals surface area contributed by atoms with Crippen molar-refractivity contribution in [3.8, 4) is 5.69 Å². The Morgan fingerprint density at radius 3 is 3.04 bits per heavy atom. The highest BCUT2D eigenvalue weighted by Crippen LogP contribution is 2.39. The van der Waals surface area contributed by atoms with E-state index in [1.54, 1.807) is 18.0 Å². The van der Waals surface area contributed by atoms with E-state index in [0.717, 1.165) is 22.5 Å². The van der Waals surface area contributed by atoms with E-state index in [-0.39, 0.29) is 11.8 Å². The second-order valence-corrected chi connectivity index (χ2v) is 7.01. The second-order valence-electron chi connectivity index (χ2n) is 7.01. The zero-order chi connectivity index (χ0) is 18.8. The number of rotatable bonds is 7. The van der Waals surface area contributed by atoms with Crippen LogP contribution in [0.4, 0.5) is 5.82 Å². The van der Waals surface area contributed by atoms with Crippen molar-refractivity contribution in [2.24, 2.45) is 0 Å². The third-order valence-corrected chi connectivity index (χ3v) is 4.83. The molecule has 1 aromatic carbocycles. The van der Waals surface area contributed by atoms with Crippen molar-refractivity contribution in [3.63, 3.8) is 0 Å². The monoisotopic (exact) mass is 365 g/mol. The first-order valence-electron chi connectivity index (χ1n) is 9.13. The van der Waals surface area contributed by atoms with Gasteiger partial charge in [-0.3, -0.25) is 9.89 Å². The highest BCUT2D eigenvalue weighted by molar-refractivity contribution is 5.94. The lowest BCUT2D eigenvalue weighted by Gasteiger charge is -2.09. The first-order valence-corrected chi connectivity index (χ1v) is 9.13. The Bertz CT molecular complexity index is 941. The maximum Gasteiger partial charge on any atom is 0.232 e. The predicted octanol–water partition coefficient (Wildman–Crippen LogP) is 3.36. The number of benzene rings is 1. The van der Waals surface area contributed by atoms with Crippen LogP contribution in [0.1, 0.15) is 48.4 Å². The van der Waals surface area contributed by atoms with Crippen molar-refractivity contribution in [1.82, 2.24) is 20.0 Å². The summed E-state index contributed by atoms with van der Waals surface area (Å²) in [6.07, 6.45) is 5.98. The Hall–Kier alpha value is -2.93. The molecule has 0 spiro atoms. The Kier molecular flexibility index (Phi) is 4.77. The largest absolute Gasteiger partial charge is 0.380 e. The molecule has 1 aliphatic rings. The van der Waals surface area contributed by atoms with E-state index in [9.17, 15) is 4.79 Å². The van der Waals surface area contributed by atoms with Crippen molar-refractivity contribution in [2.75, 3.05) is 12.4 Å². The topological polar surface area (TPSA) is 84.8 Å². The van der Waals surface area contributed by atoms with Crippen molar-refractivity contribution in [2.45, 2.75) is 38.2 Å². The summed E-state index contributed by atoms with van der Waals surface area (Å²) >= 11 is 0. The summed E-state index contributed by atoms with van der Waals surface area (Å²) in [6, 6.07) is 9.90. The summed E-state index contributed by atoms with van der Waals surface area (Å²) in [5.41, 5.74) is 3.89. The van der Waals surface area contributed by atoms with Crippen LogP contribution in [0, 0.1) is 0 Å². The maximum absolute atomic E-state index is 12.6. The van der Waals surface area contributed by atoms with Crippen LogP contribution >= 0.6 is 0 Å². The summed E-state index contributed by atoms with van der Waals surface area (Å²) < 4.78 is 6.96. The molecular weight excluding hydrogens is 342 g/mol. The summed E-state index contributed by atoms with van der Waals surface area (Å²) in [4.78, 5) is 12.6. The van der Waals surface area contributed by atoms with Gasteiger partial charge in [-0.25, -0.2) is 4.68 Å². The van der Waals surface area contributed by atoms with Crippen LogP contribution in [0.25, 0.3) is 5.69 Å². The lowest BCUT2D eigenvalue weighted by molar-refractivity contribution is -0.117. The van der Waals surface area contributed by atoms with Gasteiger partial charge in [0.05, 0.1) is 30.1 Å². The molecule has 1 saturated carbocycles. The van der Waals surface area contributed by atoms with Gasteiger partial charge in [-0.1, -0.05) is 12.1 Å². The third-order valence-electron chi connectivity index (χ3n) is 4.83. The summed E-state index contributed by atoms with van der Waals surface area (Å²) in [5.74, 6) is 0.784. The molecule has 27 heavy (non-hydrogen) atoms. The molecule has 7 heteroatoms. The van der Waals surface area contributed by atoms with Crippen LogP contribution in [-0.2, 0) is 16.1 Å². The van der Waals surface area contributed by atoms with Crippen molar-refractivity contribution in [3.05, 3.63) is 59.5 Å². The summed E-state index contributed by atoms with van der Waals surface area (Å²) in [5, 5.41) is 14.5. The van der Waals surface area contributed by atoms with Gasteiger partial charge < -0.3 is 10.1 Å². The highest BCUT2D eigenvalue weighted by atomic mass is 16.5. The lowest BCUT2D eigenvalue weighted by atomic mass is 10.0. The average molecular weight is 365 g/mol. The van der Waals surface area contributed by atoms with Crippen LogP contribution in [0.5, 0.6) is 0 Å². The first kappa shape index (κ1) is 17.5. The fraction of sp³-hybridized carbons (Fsp3) is 0.350. The molecule has 2 heterocycles. The van der Waals surface area contributed by atoms with Gasteiger partial charge in [-0.05, 0) is 37.5 Å². The van der Waals surface area contributed by atoms with E-state index in [1.165, 1.54) is 12.8 Å². The maximum atomic E-state index is 12.6. The van der Waals surface area contributed by atoms with Gasteiger partial charge in [0.1, 0.15) is 5.82 Å². The fourth-order valence-electron chi connectivity index (χ4n) is 3.04. The molecule has 1 fully saturated rings. The molecular formula is C20H23N5O2. The van der Waals surface area contributed by atoms with Crippen LogP contribution in [0.3, 0.4) is 0 Å². The van der Waals surface area contributed by atoms with Crippen molar-refractivity contribution >= 4 is 11.7 Å². The normalized spacial score (nSPS) is 14.9. The molecule has 0 radical (unpaired) electrons. The number of amides is 1. The summed E-state index contributed by atoms with van der Waals surface area (Å²) in [6.45, 7) is 2.42. The van der Waals surface area contributed by atoms with Gasteiger partial charge in [0.15, 0.2) is 0 Å². The zero-order valence-electron chi connectivity index (χ0n) is 15.5. The number of carbonyl (C=O) groups is 1. The minimum atomic E-state index is -0.325. The number of H-pyrrole nitrogens is 1. The Morgan fingerprint density at radius 1 is 1.41 bits per heavy atom. The van der Waals surface area contributed by atoms with Crippen LogP contribution in [-0.4, -0.2) is 33.0 Å². The highest BCUT2D eigenvalue weighted by Gasteiger charge is 2.26. The van der Waals surface area contributed by atoms with Crippen molar-refractivity contribution in [1.29, 1.82) is 0 Å². The van der Waals surface area contributed by atoms with E-state index >= 15 is 0 Å². The van der Waals surface area contributed by atoms with E-state index < -0.39 is 0 Å². The molecule has 0 saturated heterocycles. The minimum Gasteiger partial charge on any atom is -0.380 e. The number of hydrogen-bond acceptors (Lipinski definition) is 4. The molecule has 1 aliphatic carbocycles. The number of methoxy groups -OCH3 is 1. The SMILES string of the molecule is COCc1cccc(-n2cc(C(C)C(=O)Nc3cc(C4CC4)n[nH]3)cn2)c1. The Balaban J connectivity index is 1.44. The average Bonchev–Trinajstić information content (AvgIpc) is 3.22. The number of hydrogen-bond donors (Lipinski definition) is 2. The minimum absolute atomic E-state index is 0.0892. The zero-order valence-corrected chi connectivity index (χ0v) is 15.5. The number of nitrogens with zero attached hydrogens (tertiary/aromatic N) is 3. The quantitative estimate of drug-likeness (QED) is 0.672. The van der Waals surface area contributed by atoms with Crippen molar-refractivity contribution < 1.29 is 9.53 Å². The van der Waals surface area contributed by atoms with Crippen LogP contribution in [0.2, 0.25) is 0 Å². The number of aromatic nitrogens is 4. The predicted molar refractivity (Wildman–Crippen MR) is 102 cm³/mol. The van der Waals surface area contributed by atoms with Gasteiger partial charge in [-0.2, -0.15) is 10.2 Å².